The van der Waals surface area contributed by atoms with E-state index in [0.717, 1.165) is 5.06 Å². The van der Waals surface area contributed by atoms with E-state index in [1.807, 2.05) is 13.8 Å². The molecule has 0 aliphatic carbocycles. The second-order valence-corrected chi connectivity index (χ2v) is 5.78. The van der Waals surface area contributed by atoms with Crippen LogP contribution >= 0.6 is 0 Å². The van der Waals surface area contributed by atoms with Crippen LogP contribution in [0.5, 0.6) is 5.88 Å². The molecule has 1 rings (SSSR count). The molecule has 0 bridgehead atoms. The molecule has 0 radical (unpaired) electrons. The molecule has 0 aliphatic rings. The molecule has 0 spiro atoms. The van der Waals surface area contributed by atoms with E-state index in [1.165, 1.54) is 14.2 Å². The average Bonchev–Trinajstić information content (AvgIpc) is 2.90. The lowest BCUT2D eigenvalue weighted by Gasteiger charge is -2.23. The SMILES string of the molecule is CC.COc1nn(CCOCCON(C)C(=O)OC(C)(C)C)cc1N. The van der Waals surface area contributed by atoms with Crippen molar-refractivity contribution in [1.29, 1.82) is 0 Å². The minimum atomic E-state index is -0.558. The Balaban J connectivity index is 0.00000277. The summed E-state index contributed by atoms with van der Waals surface area (Å²) in [5, 5.41) is 5.17. The van der Waals surface area contributed by atoms with E-state index in [2.05, 4.69) is 5.10 Å². The van der Waals surface area contributed by atoms with Gasteiger partial charge in [0.15, 0.2) is 0 Å². The van der Waals surface area contributed by atoms with Gasteiger partial charge in [-0.25, -0.2) is 4.79 Å². The minimum absolute atomic E-state index is 0.236. The van der Waals surface area contributed by atoms with E-state index in [0.29, 0.717) is 31.3 Å². The lowest BCUT2D eigenvalue weighted by atomic mass is 10.2. The van der Waals surface area contributed by atoms with E-state index in [-0.39, 0.29) is 6.61 Å². The number of ether oxygens (including phenoxy) is 3. The first-order chi connectivity index (χ1) is 11.7. The molecule has 0 saturated carbocycles. The van der Waals surface area contributed by atoms with Crippen molar-refractivity contribution >= 4 is 11.8 Å². The second-order valence-electron chi connectivity index (χ2n) is 5.78. The van der Waals surface area contributed by atoms with Crippen molar-refractivity contribution in [1.82, 2.24) is 14.8 Å². The van der Waals surface area contributed by atoms with Crippen molar-refractivity contribution in [2.75, 3.05) is 39.7 Å². The second kappa shape index (κ2) is 11.5. The topological polar surface area (TPSA) is 101 Å². The Hall–Kier alpha value is -2.00. The molecule has 0 aromatic carbocycles. The van der Waals surface area contributed by atoms with Crippen LogP contribution in [-0.2, 0) is 20.9 Å². The van der Waals surface area contributed by atoms with Gasteiger partial charge in [0.05, 0.1) is 39.7 Å². The monoisotopic (exact) mass is 360 g/mol. The van der Waals surface area contributed by atoms with Gasteiger partial charge in [0, 0.05) is 7.05 Å². The predicted molar refractivity (Wildman–Crippen MR) is 95.3 cm³/mol. The number of hydroxylamine groups is 2. The Kier molecular flexibility index (Phi) is 10.6. The third-order valence-corrected chi connectivity index (χ3v) is 2.58. The fourth-order valence-corrected chi connectivity index (χ4v) is 1.56. The van der Waals surface area contributed by atoms with Crippen LogP contribution < -0.4 is 10.5 Å². The Bertz CT molecular complexity index is 499. The Morgan fingerprint density at radius 1 is 1.28 bits per heavy atom. The number of amides is 1. The van der Waals surface area contributed by atoms with E-state index < -0.39 is 11.7 Å². The van der Waals surface area contributed by atoms with Crippen molar-refractivity contribution in [3.8, 4) is 5.88 Å². The molecule has 1 amide bonds. The van der Waals surface area contributed by atoms with Gasteiger partial charge < -0.3 is 19.9 Å². The number of carbonyl (C=O) groups excluding carboxylic acids is 1. The molecular weight excluding hydrogens is 328 g/mol. The number of carbonyl (C=O) groups is 1. The summed E-state index contributed by atoms with van der Waals surface area (Å²) >= 11 is 0. The summed E-state index contributed by atoms with van der Waals surface area (Å²) in [4.78, 5) is 16.8. The first kappa shape index (κ1) is 23.0. The third kappa shape index (κ3) is 9.78. The quantitative estimate of drug-likeness (QED) is 0.561. The molecule has 0 fully saturated rings. The van der Waals surface area contributed by atoms with Crippen LogP contribution in [-0.4, -0.2) is 60.5 Å². The number of nitrogen functional groups attached to an aromatic ring is 1. The van der Waals surface area contributed by atoms with Crippen molar-refractivity contribution in [3.05, 3.63) is 6.20 Å². The van der Waals surface area contributed by atoms with Gasteiger partial charge >= 0.3 is 6.09 Å². The van der Waals surface area contributed by atoms with Crippen molar-refractivity contribution in [2.45, 2.75) is 46.8 Å². The third-order valence-electron chi connectivity index (χ3n) is 2.58. The molecule has 1 heterocycles. The smallest absolute Gasteiger partial charge is 0.434 e. The number of nitrogens with two attached hydrogens (primary N) is 1. The summed E-state index contributed by atoms with van der Waals surface area (Å²) in [5.41, 5.74) is 5.61. The summed E-state index contributed by atoms with van der Waals surface area (Å²) in [7, 11) is 3.00. The van der Waals surface area contributed by atoms with E-state index in [1.54, 1.807) is 31.6 Å². The van der Waals surface area contributed by atoms with Crippen LogP contribution in [0.3, 0.4) is 0 Å². The molecule has 1 aromatic rings. The fourth-order valence-electron chi connectivity index (χ4n) is 1.56. The highest BCUT2D eigenvalue weighted by atomic mass is 16.7. The maximum Gasteiger partial charge on any atom is 0.434 e. The van der Waals surface area contributed by atoms with Gasteiger partial charge in [-0.2, -0.15) is 5.06 Å². The van der Waals surface area contributed by atoms with Crippen LogP contribution in [0.2, 0.25) is 0 Å². The molecule has 1 aromatic heterocycles. The van der Waals surface area contributed by atoms with Crippen molar-refractivity contribution in [2.24, 2.45) is 0 Å². The molecule has 0 unspecified atom stereocenters. The average molecular weight is 360 g/mol. The van der Waals surface area contributed by atoms with Gasteiger partial charge in [0.1, 0.15) is 11.3 Å². The standard InChI is InChI=1S/C14H26N4O5.C2H6/c1-14(2,3)23-13(19)17(4)22-9-8-21-7-6-18-10-11(15)12(16-18)20-5;1-2/h10H,6-9,15H2,1-5H3;1-2H3. The molecule has 25 heavy (non-hydrogen) atoms. The molecule has 9 heteroatoms. The molecule has 0 saturated heterocycles. The summed E-state index contributed by atoms with van der Waals surface area (Å²) in [5.74, 6) is 0.396. The van der Waals surface area contributed by atoms with Crippen LogP contribution in [0, 0.1) is 0 Å². The lowest BCUT2D eigenvalue weighted by molar-refractivity contribution is -0.142. The highest BCUT2D eigenvalue weighted by molar-refractivity contribution is 5.66. The van der Waals surface area contributed by atoms with Crippen molar-refractivity contribution < 1.29 is 23.8 Å². The number of nitrogens with zero attached hydrogens (tertiary/aromatic N) is 3. The first-order valence-electron chi connectivity index (χ1n) is 8.27. The lowest BCUT2D eigenvalue weighted by Crippen LogP contribution is -2.35. The highest BCUT2D eigenvalue weighted by Gasteiger charge is 2.19. The fraction of sp³-hybridized carbons (Fsp3) is 0.750. The molecule has 0 aliphatic heterocycles. The van der Waals surface area contributed by atoms with E-state index in [9.17, 15) is 4.79 Å². The van der Waals surface area contributed by atoms with Crippen molar-refractivity contribution in [3.63, 3.8) is 0 Å². The Morgan fingerprint density at radius 3 is 2.44 bits per heavy atom. The highest BCUT2D eigenvalue weighted by Crippen LogP contribution is 2.16. The summed E-state index contributed by atoms with van der Waals surface area (Å²) in [6.45, 7) is 10.9. The summed E-state index contributed by atoms with van der Waals surface area (Å²) < 4.78 is 17.2. The Labute approximate surface area is 149 Å². The van der Waals surface area contributed by atoms with Gasteiger partial charge in [-0.15, -0.1) is 5.10 Å². The molecular formula is C16H32N4O5. The number of hydrogen-bond acceptors (Lipinski definition) is 7. The molecule has 146 valence electrons. The number of rotatable bonds is 8. The number of methoxy groups -OCH3 is 1. The summed E-state index contributed by atoms with van der Waals surface area (Å²) in [6.07, 6.45) is 1.13. The maximum absolute atomic E-state index is 11.6. The number of anilines is 1. The van der Waals surface area contributed by atoms with E-state index in [4.69, 9.17) is 24.8 Å². The minimum Gasteiger partial charge on any atom is -0.478 e. The van der Waals surface area contributed by atoms with Gasteiger partial charge in [0.2, 0.25) is 0 Å². The summed E-state index contributed by atoms with van der Waals surface area (Å²) in [6, 6.07) is 0. The molecule has 2 N–H and O–H groups in total. The molecule has 9 nitrogen and oxygen atoms in total. The van der Waals surface area contributed by atoms with Gasteiger partial charge in [-0.05, 0) is 20.8 Å². The molecule has 0 atom stereocenters. The van der Waals surface area contributed by atoms with Crippen LogP contribution in [0.25, 0.3) is 0 Å². The predicted octanol–water partition coefficient (Wildman–Crippen LogP) is 2.32. The largest absolute Gasteiger partial charge is 0.478 e. The van der Waals surface area contributed by atoms with Gasteiger partial charge in [-0.1, -0.05) is 13.8 Å². The number of hydrogen-bond donors (Lipinski definition) is 1. The van der Waals surface area contributed by atoms with Gasteiger partial charge in [-0.3, -0.25) is 9.52 Å². The first-order valence-corrected chi connectivity index (χ1v) is 8.27. The normalized spacial score (nSPS) is 10.7. The zero-order valence-electron chi connectivity index (χ0n) is 16.4. The van der Waals surface area contributed by atoms with Crippen LogP contribution in [0.4, 0.5) is 10.5 Å². The van der Waals surface area contributed by atoms with Crippen LogP contribution in [0.15, 0.2) is 6.20 Å². The van der Waals surface area contributed by atoms with E-state index >= 15 is 0 Å². The number of aromatic nitrogens is 2. The Morgan fingerprint density at radius 2 is 1.92 bits per heavy atom. The van der Waals surface area contributed by atoms with Gasteiger partial charge in [0.25, 0.3) is 5.88 Å². The van der Waals surface area contributed by atoms with Crippen LogP contribution in [0.1, 0.15) is 34.6 Å². The maximum atomic E-state index is 11.6. The zero-order chi connectivity index (χ0) is 19.5. The zero-order valence-corrected chi connectivity index (χ0v) is 16.4.